The fraction of sp³-hybridized carbons (Fsp3) is 0.278. The maximum atomic E-state index is 12.3. The summed E-state index contributed by atoms with van der Waals surface area (Å²) in [6.07, 6.45) is 0. The number of imidazole rings is 1. The summed E-state index contributed by atoms with van der Waals surface area (Å²) in [5.41, 5.74) is 2.95. The third-order valence-corrected chi connectivity index (χ3v) is 4.01. The van der Waals surface area contributed by atoms with E-state index in [2.05, 4.69) is 21.9 Å². The SMILES string of the molecule is C=C(C)Cn1c(NCc2ccc(C)cc2)nc2c1c(=O)[nH]c(=O)n2C. The Morgan fingerprint density at radius 1 is 1.28 bits per heavy atom. The van der Waals surface area contributed by atoms with E-state index in [4.69, 9.17) is 0 Å². The van der Waals surface area contributed by atoms with Gasteiger partial charge >= 0.3 is 5.69 Å². The number of benzene rings is 1. The summed E-state index contributed by atoms with van der Waals surface area (Å²) in [5.74, 6) is 0.533. The van der Waals surface area contributed by atoms with Gasteiger partial charge in [-0.2, -0.15) is 4.98 Å². The lowest BCUT2D eigenvalue weighted by atomic mass is 10.1. The molecule has 0 bridgehead atoms. The van der Waals surface area contributed by atoms with Crippen molar-refractivity contribution in [2.75, 3.05) is 5.32 Å². The van der Waals surface area contributed by atoms with E-state index in [0.717, 1.165) is 11.1 Å². The van der Waals surface area contributed by atoms with Crippen LogP contribution in [-0.2, 0) is 20.1 Å². The maximum absolute atomic E-state index is 12.3. The Balaban J connectivity index is 2.06. The second kappa shape index (κ2) is 6.43. The largest absolute Gasteiger partial charge is 0.351 e. The second-order valence-electron chi connectivity index (χ2n) is 6.31. The van der Waals surface area contributed by atoms with Gasteiger partial charge in [-0.25, -0.2) is 4.79 Å². The molecule has 2 heterocycles. The van der Waals surface area contributed by atoms with E-state index in [9.17, 15) is 9.59 Å². The Kier molecular flexibility index (Phi) is 4.31. The van der Waals surface area contributed by atoms with Gasteiger partial charge in [-0.3, -0.25) is 14.3 Å². The van der Waals surface area contributed by atoms with Crippen molar-refractivity contribution < 1.29 is 0 Å². The number of H-pyrrole nitrogens is 1. The highest BCUT2D eigenvalue weighted by atomic mass is 16.2. The lowest BCUT2D eigenvalue weighted by Gasteiger charge is -2.10. The maximum Gasteiger partial charge on any atom is 0.329 e. The predicted molar refractivity (Wildman–Crippen MR) is 98.9 cm³/mol. The van der Waals surface area contributed by atoms with Crippen LogP contribution in [0.1, 0.15) is 18.1 Å². The van der Waals surface area contributed by atoms with E-state index in [1.807, 2.05) is 38.1 Å². The quantitative estimate of drug-likeness (QED) is 0.696. The van der Waals surface area contributed by atoms with Crippen LogP contribution in [0.2, 0.25) is 0 Å². The van der Waals surface area contributed by atoms with E-state index in [1.165, 1.54) is 10.1 Å². The Hall–Kier alpha value is -3.09. The highest BCUT2D eigenvalue weighted by Crippen LogP contribution is 2.17. The lowest BCUT2D eigenvalue weighted by molar-refractivity contribution is 0.797. The molecule has 0 saturated heterocycles. The van der Waals surface area contributed by atoms with Crippen molar-refractivity contribution in [2.24, 2.45) is 7.05 Å². The molecule has 0 radical (unpaired) electrons. The number of hydrogen-bond donors (Lipinski definition) is 2. The first-order valence-corrected chi connectivity index (χ1v) is 8.00. The molecule has 3 aromatic rings. The Bertz CT molecular complexity index is 1050. The summed E-state index contributed by atoms with van der Waals surface area (Å²) in [6.45, 7) is 8.84. The van der Waals surface area contributed by atoms with Crippen molar-refractivity contribution in [2.45, 2.75) is 26.9 Å². The summed E-state index contributed by atoms with van der Waals surface area (Å²) in [7, 11) is 1.59. The Labute approximate surface area is 144 Å². The fourth-order valence-electron chi connectivity index (χ4n) is 2.68. The summed E-state index contributed by atoms with van der Waals surface area (Å²) in [6, 6.07) is 8.16. The molecule has 25 heavy (non-hydrogen) atoms. The molecular weight excluding hydrogens is 318 g/mol. The van der Waals surface area contributed by atoms with Crippen LogP contribution in [0.15, 0.2) is 46.0 Å². The highest BCUT2D eigenvalue weighted by Gasteiger charge is 2.17. The van der Waals surface area contributed by atoms with Gasteiger partial charge in [0.05, 0.1) is 0 Å². The molecule has 0 aliphatic rings. The van der Waals surface area contributed by atoms with Crippen LogP contribution in [0.5, 0.6) is 0 Å². The number of rotatable bonds is 5. The van der Waals surface area contributed by atoms with E-state index >= 15 is 0 Å². The van der Waals surface area contributed by atoms with Crippen LogP contribution < -0.4 is 16.6 Å². The van der Waals surface area contributed by atoms with Crippen molar-refractivity contribution >= 4 is 17.1 Å². The molecule has 0 spiro atoms. The molecule has 0 unspecified atom stereocenters. The predicted octanol–water partition coefficient (Wildman–Crippen LogP) is 1.92. The standard InChI is InChI=1S/C18H21N5O2/c1-11(2)10-23-14-15(22(4)18(25)21-16(14)24)20-17(23)19-9-13-7-5-12(3)6-8-13/h5-8H,1,9-10H2,2-4H3,(H,19,20)(H,21,24,25). The van der Waals surface area contributed by atoms with Gasteiger partial charge in [0, 0.05) is 20.1 Å². The summed E-state index contributed by atoms with van der Waals surface area (Å²) in [4.78, 5) is 30.9. The van der Waals surface area contributed by atoms with Gasteiger partial charge in [0.15, 0.2) is 11.2 Å². The van der Waals surface area contributed by atoms with Crippen molar-refractivity contribution in [3.63, 3.8) is 0 Å². The number of aromatic amines is 1. The molecule has 3 rings (SSSR count). The first kappa shape index (κ1) is 16.8. The molecular formula is C18H21N5O2. The zero-order valence-electron chi connectivity index (χ0n) is 14.6. The van der Waals surface area contributed by atoms with Crippen molar-refractivity contribution in [3.05, 3.63) is 68.4 Å². The number of anilines is 1. The Morgan fingerprint density at radius 2 is 1.96 bits per heavy atom. The van der Waals surface area contributed by atoms with E-state index < -0.39 is 11.2 Å². The average Bonchev–Trinajstić information content (AvgIpc) is 2.91. The molecule has 0 aliphatic heterocycles. The molecule has 130 valence electrons. The minimum Gasteiger partial charge on any atom is -0.351 e. The smallest absolute Gasteiger partial charge is 0.329 e. The lowest BCUT2D eigenvalue weighted by Crippen LogP contribution is -2.29. The van der Waals surface area contributed by atoms with Crippen LogP contribution >= 0.6 is 0 Å². The van der Waals surface area contributed by atoms with Gasteiger partial charge in [0.1, 0.15) is 0 Å². The molecule has 2 aromatic heterocycles. The first-order chi connectivity index (χ1) is 11.9. The first-order valence-electron chi connectivity index (χ1n) is 8.00. The van der Waals surface area contributed by atoms with Crippen LogP contribution in [0.4, 0.5) is 5.95 Å². The molecule has 0 aliphatic carbocycles. The number of fused-ring (bicyclic) bond motifs is 1. The van der Waals surface area contributed by atoms with Gasteiger partial charge < -0.3 is 9.88 Å². The molecule has 0 saturated carbocycles. The molecule has 2 N–H and O–H groups in total. The van der Waals surface area contributed by atoms with Gasteiger partial charge in [0.25, 0.3) is 5.56 Å². The average molecular weight is 339 g/mol. The summed E-state index contributed by atoms with van der Waals surface area (Å²) in [5, 5.41) is 3.26. The van der Waals surface area contributed by atoms with E-state index in [-0.39, 0.29) is 0 Å². The van der Waals surface area contributed by atoms with Crippen molar-refractivity contribution in [3.8, 4) is 0 Å². The number of aryl methyl sites for hydroxylation is 2. The molecule has 0 atom stereocenters. The summed E-state index contributed by atoms with van der Waals surface area (Å²) < 4.78 is 3.09. The number of hydrogen-bond acceptors (Lipinski definition) is 4. The minimum atomic E-state index is -0.484. The monoisotopic (exact) mass is 339 g/mol. The third kappa shape index (κ3) is 3.26. The zero-order valence-corrected chi connectivity index (χ0v) is 14.6. The molecule has 7 heteroatoms. The number of aromatic nitrogens is 4. The highest BCUT2D eigenvalue weighted by molar-refractivity contribution is 5.74. The molecule has 0 fully saturated rings. The van der Waals surface area contributed by atoms with Crippen LogP contribution in [0.3, 0.4) is 0 Å². The van der Waals surface area contributed by atoms with Crippen molar-refractivity contribution in [1.82, 2.24) is 19.1 Å². The fourth-order valence-corrected chi connectivity index (χ4v) is 2.68. The van der Waals surface area contributed by atoms with Gasteiger partial charge in [-0.05, 0) is 19.4 Å². The zero-order chi connectivity index (χ0) is 18.1. The second-order valence-corrected chi connectivity index (χ2v) is 6.31. The van der Waals surface area contributed by atoms with Crippen LogP contribution in [0.25, 0.3) is 11.2 Å². The normalized spacial score (nSPS) is 11.0. The third-order valence-electron chi connectivity index (χ3n) is 4.01. The van der Waals surface area contributed by atoms with Gasteiger partial charge in [0.2, 0.25) is 5.95 Å². The van der Waals surface area contributed by atoms with E-state index in [0.29, 0.717) is 30.2 Å². The molecule has 0 amide bonds. The Morgan fingerprint density at radius 3 is 2.60 bits per heavy atom. The minimum absolute atomic E-state index is 0.349. The molecule has 1 aromatic carbocycles. The topological polar surface area (TPSA) is 84.7 Å². The van der Waals surface area contributed by atoms with Gasteiger partial charge in [-0.15, -0.1) is 0 Å². The summed E-state index contributed by atoms with van der Waals surface area (Å²) >= 11 is 0. The van der Waals surface area contributed by atoms with E-state index in [1.54, 1.807) is 11.6 Å². The van der Waals surface area contributed by atoms with Gasteiger partial charge in [-0.1, -0.05) is 42.0 Å². The number of nitrogens with one attached hydrogen (secondary N) is 2. The number of allylic oxidation sites excluding steroid dienone is 1. The van der Waals surface area contributed by atoms with Crippen molar-refractivity contribution in [1.29, 1.82) is 0 Å². The van der Waals surface area contributed by atoms with Crippen LogP contribution in [0, 0.1) is 6.92 Å². The molecule has 7 nitrogen and oxygen atoms in total. The van der Waals surface area contributed by atoms with Crippen LogP contribution in [-0.4, -0.2) is 19.1 Å². The number of nitrogens with zero attached hydrogens (tertiary/aromatic N) is 3.